The first-order valence-electron chi connectivity index (χ1n) is 9.57. The molecule has 0 aromatic heterocycles. The van der Waals surface area contributed by atoms with Gasteiger partial charge < -0.3 is 14.4 Å². The van der Waals surface area contributed by atoms with Crippen LogP contribution >= 0.6 is 0 Å². The maximum Gasteiger partial charge on any atom is 0.236 e. The van der Waals surface area contributed by atoms with E-state index in [0.717, 1.165) is 50.6 Å². The zero-order valence-electron chi connectivity index (χ0n) is 16.0. The summed E-state index contributed by atoms with van der Waals surface area (Å²) in [5.74, 6) is 0.992. The minimum Gasteiger partial charge on any atom is -0.497 e. The Morgan fingerprint density at radius 3 is 2.73 bits per heavy atom. The van der Waals surface area contributed by atoms with Gasteiger partial charge in [-0.15, -0.1) is 0 Å². The molecule has 144 valence electrons. The molecule has 2 fully saturated rings. The van der Waals surface area contributed by atoms with Crippen molar-refractivity contribution in [3.8, 4) is 5.75 Å². The van der Waals surface area contributed by atoms with Crippen molar-refractivity contribution in [2.24, 2.45) is 0 Å². The summed E-state index contributed by atoms with van der Waals surface area (Å²) in [5.41, 5.74) is 1.08. The minimum atomic E-state index is 0.167. The molecule has 1 aromatic carbocycles. The van der Waals surface area contributed by atoms with Crippen molar-refractivity contribution < 1.29 is 14.3 Å². The maximum absolute atomic E-state index is 12.5. The van der Waals surface area contributed by atoms with Gasteiger partial charge in [0.15, 0.2) is 0 Å². The molecule has 2 aliphatic heterocycles. The van der Waals surface area contributed by atoms with Crippen LogP contribution in [-0.2, 0) is 16.1 Å². The van der Waals surface area contributed by atoms with E-state index in [9.17, 15) is 4.79 Å². The normalized spacial score (nSPS) is 21.7. The smallest absolute Gasteiger partial charge is 0.236 e. The molecule has 3 rings (SSSR count). The van der Waals surface area contributed by atoms with Gasteiger partial charge in [0.05, 0.1) is 19.8 Å². The second-order valence-corrected chi connectivity index (χ2v) is 7.31. The van der Waals surface area contributed by atoms with Gasteiger partial charge >= 0.3 is 0 Å². The van der Waals surface area contributed by atoms with Gasteiger partial charge in [0.25, 0.3) is 0 Å². The van der Waals surface area contributed by atoms with Crippen LogP contribution in [0.5, 0.6) is 5.75 Å². The van der Waals surface area contributed by atoms with Crippen molar-refractivity contribution in [1.82, 2.24) is 14.7 Å². The third-order valence-corrected chi connectivity index (χ3v) is 5.29. The molecule has 26 heavy (non-hydrogen) atoms. The zero-order valence-corrected chi connectivity index (χ0v) is 16.0. The van der Waals surface area contributed by atoms with Crippen LogP contribution in [0.3, 0.4) is 0 Å². The van der Waals surface area contributed by atoms with Crippen LogP contribution in [-0.4, -0.2) is 86.7 Å². The molecule has 0 bridgehead atoms. The van der Waals surface area contributed by atoms with Crippen molar-refractivity contribution in [3.63, 3.8) is 0 Å². The maximum atomic E-state index is 12.5. The number of benzene rings is 1. The lowest BCUT2D eigenvalue weighted by atomic mass is 10.2. The summed E-state index contributed by atoms with van der Waals surface area (Å²) >= 11 is 0. The number of carbonyl (C=O) groups excluding carboxylic acids is 1. The minimum absolute atomic E-state index is 0.167. The van der Waals surface area contributed by atoms with Gasteiger partial charge in [0.1, 0.15) is 5.75 Å². The monoisotopic (exact) mass is 361 g/mol. The third kappa shape index (κ3) is 5.43. The van der Waals surface area contributed by atoms with E-state index < -0.39 is 0 Å². The Balaban J connectivity index is 1.40. The van der Waals surface area contributed by atoms with Crippen LogP contribution < -0.4 is 4.74 Å². The number of piperazine rings is 1. The molecular weight excluding hydrogens is 330 g/mol. The second kappa shape index (κ2) is 9.35. The van der Waals surface area contributed by atoms with E-state index in [-0.39, 0.29) is 5.91 Å². The number of likely N-dealkylation sites (N-methyl/N-ethyl adjacent to an activating group) is 1. The van der Waals surface area contributed by atoms with Crippen molar-refractivity contribution in [2.75, 3.05) is 60.0 Å². The highest BCUT2D eigenvalue weighted by atomic mass is 16.5. The Hall–Kier alpha value is -1.63. The van der Waals surface area contributed by atoms with Crippen molar-refractivity contribution in [3.05, 3.63) is 29.8 Å². The summed E-state index contributed by atoms with van der Waals surface area (Å²) in [7, 11) is 3.53. The molecule has 6 nitrogen and oxygen atoms in total. The number of amides is 1. The fraction of sp³-hybridized carbons (Fsp3) is 0.650. The van der Waals surface area contributed by atoms with E-state index in [1.807, 2.05) is 31.3 Å². The second-order valence-electron chi connectivity index (χ2n) is 7.31. The molecular formula is C20H31N3O3. The predicted octanol–water partition coefficient (Wildman–Crippen LogP) is 1.45. The highest BCUT2D eigenvalue weighted by Gasteiger charge is 2.24. The molecule has 1 atom stereocenters. The van der Waals surface area contributed by atoms with E-state index >= 15 is 0 Å². The molecule has 0 spiro atoms. The summed E-state index contributed by atoms with van der Waals surface area (Å²) in [6.07, 6.45) is 2.80. The van der Waals surface area contributed by atoms with Crippen molar-refractivity contribution in [1.29, 1.82) is 0 Å². The molecule has 1 aromatic rings. The molecule has 2 saturated heterocycles. The average Bonchev–Trinajstić information content (AvgIpc) is 3.16. The molecule has 0 saturated carbocycles. The van der Waals surface area contributed by atoms with Crippen LogP contribution in [0.25, 0.3) is 0 Å². The lowest BCUT2D eigenvalue weighted by Gasteiger charge is -2.35. The van der Waals surface area contributed by atoms with E-state index in [0.29, 0.717) is 19.2 Å². The highest BCUT2D eigenvalue weighted by Crippen LogP contribution is 2.15. The first-order chi connectivity index (χ1) is 12.6. The fourth-order valence-corrected chi connectivity index (χ4v) is 3.65. The van der Waals surface area contributed by atoms with E-state index in [1.165, 1.54) is 12.8 Å². The predicted molar refractivity (Wildman–Crippen MR) is 101 cm³/mol. The van der Waals surface area contributed by atoms with Crippen LogP contribution in [0, 0.1) is 0 Å². The largest absolute Gasteiger partial charge is 0.497 e. The molecule has 2 heterocycles. The molecule has 1 amide bonds. The van der Waals surface area contributed by atoms with Gasteiger partial charge in [0.2, 0.25) is 5.91 Å². The summed E-state index contributed by atoms with van der Waals surface area (Å²) < 4.78 is 11.0. The Kier molecular flexibility index (Phi) is 6.88. The lowest BCUT2D eigenvalue weighted by molar-refractivity contribution is -0.132. The van der Waals surface area contributed by atoms with Crippen LogP contribution in [0.2, 0.25) is 0 Å². The van der Waals surface area contributed by atoms with Gasteiger partial charge in [0, 0.05) is 52.9 Å². The first kappa shape index (κ1) is 19.1. The van der Waals surface area contributed by atoms with Gasteiger partial charge in [-0.1, -0.05) is 12.1 Å². The Labute approximate surface area is 156 Å². The van der Waals surface area contributed by atoms with Crippen molar-refractivity contribution in [2.45, 2.75) is 25.5 Å². The number of nitrogens with zero attached hydrogens (tertiary/aromatic N) is 3. The van der Waals surface area contributed by atoms with E-state index in [1.54, 1.807) is 12.0 Å². The Morgan fingerprint density at radius 2 is 2.04 bits per heavy atom. The standard InChI is InChI=1S/C20H31N3O3/c1-21(14-17-5-3-6-18(13-17)25-2)20(24)16-23-10-8-22(9-11-23)15-19-7-4-12-26-19/h3,5-6,13,19H,4,7-12,14-16H2,1-2H3. The molecule has 2 aliphatic rings. The first-order valence-corrected chi connectivity index (χ1v) is 9.57. The molecule has 1 unspecified atom stereocenters. The number of ether oxygens (including phenoxy) is 2. The molecule has 6 heteroatoms. The van der Waals surface area contributed by atoms with Gasteiger partial charge in [-0.05, 0) is 30.5 Å². The van der Waals surface area contributed by atoms with Crippen molar-refractivity contribution >= 4 is 5.91 Å². The number of hydrogen-bond donors (Lipinski definition) is 0. The van der Waals surface area contributed by atoms with E-state index in [2.05, 4.69) is 9.80 Å². The Morgan fingerprint density at radius 1 is 1.27 bits per heavy atom. The van der Waals surface area contributed by atoms with Crippen LogP contribution in [0.15, 0.2) is 24.3 Å². The van der Waals surface area contributed by atoms with Gasteiger partial charge in [-0.25, -0.2) is 0 Å². The van der Waals surface area contributed by atoms with E-state index in [4.69, 9.17) is 9.47 Å². The average molecular weight is 361 g/mol. The number of carbonyl (C=O) groups is 1. The molecule has 0 N–H and O–H groups in total. The summed E-state index contributed by atoms with van der Waals surface area (Å²) in [5, 5.41) is 0. The summed E-state index contributed by atoms with van der Waals surface area (Å²) in [6, 6.07) is 7.88. The SMILES string of the molecule is COc1cccc(CN(C)C(=O)CN2CCN(CC3CCCO3)CC2)c1. The van der Waals surface area contributed by atoms with Gasteiger partial charge in [-0.2, -0.15) is 0 Å². The number of methoxy groups -OCH3 is 1. The van der Waals surface area contributed by atoms with Gasteiger partial charge in [-0.3, -0.25) is 14.6 Å². The lowest BCUT2D eigenvalue weighted by Crippen LogP contribution is -2.51. The topological polar surface area (TPSA) is 45.2 Å². The fourth-order valence-electron chi connectivity index (χ4n) is 3.65. The Bertz CT molecular complexity index is 581. The molecule has 0 aliphatic carbocycles. The number of rotatable bonds is 7. The highest BCUT2D eigenvalue weighted by molar-refractivity contribution is 5.78. The zero-order chi connectivity index (χ0) is 18.4. The van der Waals surface area contributed by atoms with Crippen LogP contribution in [0.1, 0.15) is 18.4 Å². The quantitative estimate of drug-likeness (QED) is 0.736. The number of hydrogen-bond acceptors (Lipinski definition) is 5. The summed E-state index contributed by atoms with van der Waals surface area (Å²) in [4.78, 5) is 19.1. The van der Waals surface area contributed by atoms with Crippen LogP contribution in [0.4, 0.5) is 0 Å². The summed E-state index contributed by atoms with van der Waals surface area (Å²) in [6.45, 7) is 7.00. The molecule has 0 radical (unpaired) electrons. The third-order valence-electron chi connectivity index (χ3n) is 5.29.